The SMILES string of the molecule is COCCOCSc1ccccc1Br. The lowest BCUT2D eigenvalue weighted by Crippen LogP contribution is -2.00. The van der Waals surface area contributed by atoms with Gasteiger partial charge in [-0.3, -0.25) is 0 Å². The van der Waals surface area contributed by atoms with Gasteiger partial charge in [0.25, 0.3) is 0 Å². The van der Waals surface area contributed by atoms with E-state index in [0.717, 1.165) is 4.47 Å². The van der Waals surface area contributed by atoms with E-state index in [9.17, 15) is 0 Å². The third kappa shape index (κ3) is 4.46. The summed E-state index contributed by atoms with van der Waals surface area (Å²) in [5.74, 6) is 0.659. The minimum Gasteiger partial charge on any atom is -0.382 e. The van der Waals surface area contributed by atoms with Gasteiger partial charge in [0.2, 0.25) is 0 Å². The van der Waals surface area contributed by atoms with Gasteiger partial charge < -0.3 is 9.47 Å². The van der Waals surface area contributed by atoms with Crippen LogP contribution in [0.15, 0.2) is 33.6 Å². The Labute approximate surface area is 97.1 Å². The van der Waals surface area contributed by atoms with Gasteiger partial charge >= 0.3 is 0 Å². The molecule has 0 aliphatic heterocycles. The number of methoxy groups -OCH3 is 1. The molecule has 2 nitrogen and oxygen atoms in total. The van der Waals surface area contributed by atoms with E-state index in [1.807, 2.05) is 18.2 Å². The van der Waals surface area contributed by atoms with E-state index in [-0.39, 0.29) is 0 Å². The van der Waals surface area contributed by atoms with Crippen molar-refractivity contribution in [3.05, 3.63) is 28.7 Å². The van der Waals surface area contributed by atoms with Gasteiger partial charge in [-0.25, -0.2) is 0 Å². The maximum atomic E-state index is 5.35. The molecule has 0 unspecified atom stereocenters. The second-order valence-corrected chi connectivity index (χ2v) is 4.41. The molecule has 0 N–H and O–H groups in total. The highest BCUT2D eigenvalue weighted by Crippen LogP contribution is 2.26. The number of benzene rings is 1. The van der Waals surface area contributed by atoms with Gasteiger partial charge in [-0.2, -0.15) is 0 Å². The second kappa shape index (κ2) is 7.29. The summed E-state index contributed by atoms with van der Waals surface area (Å²) in [4.78, 5) is 1.20. The van der Waals surface area contributed by atoms with Crippen LogP contribution in [0.3, 0.4) is 0 Å². The Kier molecular flexibility index (Phi) is 6.27. The van der Waals surface area contributed by atoms with Crippen molar-refractivity contribution in [3.8, 4) is 0 Å². The van der Waals surface area contributed by atoms with Crippen LogP contribution in [-0.2, 0) is 9.47 Å². The molecular formula is C10H13BrO2S. The van der Waals surface area contributed by atoms with Gasteiger partial charge in [0.15, 0.2) is 0 Å². The molecule has 0 aliphatic carbocycles. The molecule has 14 heavy (non-hydrogen) atoms. The first kappa shape index (κ1) is 12.0. The highest BCUT2D eigenvalue weighted by molar-refractivity contribution is 9.10. The van der Waals surface area contributed by atoms with E-state index >= 15 is 0 Å². The maximum absolute atomic E-state index is 5.35. The first-order valence-electron chi connectivity index (χ1n) is 4.28. The zero-order valence-corrected chi connectivity index (χ0v) is 10.4. The van der Waals surface area contributed by atoms with Gasteiger partial charge in [-0.1, -0.05) is 23.9 Å². The molecule has 0 heterocycles. The minimum absolute atomic E-state index is 0.647. The quantitative estimate of drug-likeness (QED) is 0.452. The summed E-state index contributed by atoms with van der Waals surface area (Å²) in [6.07, 6.45) is 0. The number of rotatable bonds is 6. The number of thioether (sulfide) groups is 1. The largest absolute Gasteiger partial charge is 0.382 e. The Hall–Kier alpha value is -0.0300. The van der Waals surface area contributed by atoms with Gasteiger partial charge in [0, 0.05) is 16.5 Å². The predicted molar refractivity (Wildman–Crippen MR) is 62.7 cm³/mol. The Morgan fingerprint density at radius 2 is 2.07 bits per heavy atom. The van der Waals surface area contributed by atoms with E-state index in [0.29, 0.717) is 19.2 Å². The monoisotopic (exact) mass is 276 g/mol. The van der Waals surface area contributed by atoms with Crippen LogP contribution in [0.5, 0.6) is 0 Å². The third-order valence-corrected chi connectivity index (χ3v) is 3.47. The molecule has 0 amide bonds. The van der Waals surface area contributed by atoms with Crippen LogP contribution in [0.25, 0.3) is 0 Å². The summed E-state index contributed by atoms with van der Waals surface area (Å²) >= 11 is 5.15. The normalized spacial score (nSPS) is 10.4. The lowest BCUT2D eigenvalue weighted by atomic mass is 10.4. The zero-order valence-electron chi connectivity index (χ0n) is 8.03. The molecule has 1 rings (SSSR count). The van der Waals surface area contributed by atoms with Gasteiger partial charge in [0.05, 0.1) is 19.2 Å². The summed E-state index contributed by atoms with van der Waals surface area (Å²) in [6, 6.07) is 8.11. The Bertz CT molecular complexity index is 268. The first-order valence-corrected chi connectivity index (χ1v) is 6.06. The molecule has 0 saturated heterocycles. The molecular weight excluding hydrogens is 264 g/mol. The van der Waals surface area contributed by atoms with E-state index in [2.05, 4.69) is 22.0 Å². The third-order valence-electron chi connectivity index (χ3n) is 1.57. The number of hydrogen-bond donors (Lipinski definition) is 0. The smallest absolute Gasteiger partial charge is 0.0968 e. The molecule has 1 aromatic carbocycles. The van der Waals surface area contributed by atoms with Gasteiger partial charge in [-0.15, -0.1) is 0 Å². The summed E-state index contributed by atoms with van der Waals surface area (Å²) < 4.78 is 11.3. The van der Waals surface area contributed by atoms with E-state index in [1.54, 1.807) is 18.9 Å². The lowest BCUT2D eigenvalue weighted by Gasteiger charge is -2.04. The van der Waals surface area contributed by atoms with Crippen LogP contribution < -0.4 is 0 Å². The fraction of sp³-hybridized carbons (Fsp3) is 0.400. The van der Waals surface area contributed by atoms with Crippen molar-refractivity contribution in [2.24, 2.45) is 0 Å². The molecule has 0 bridgehead atoms. The van der Waals surface area contributed by atoms with Crippen molar-refractivity contribution in [1.29, 1.82) is 0 Å². The number of ether oxygens (including phenoxy) is 2. The van der Waals surface area contributed by atoms with Gasteiger partial charge in [0.1, 0.15) is 0 Å². The molecule has 0 fully saturated rings. The molecule has 0 atom stereocenters. The predicted octanol–water partition coefficient (Wildman–Crippen LogP) is 3.16. The van der Waals surface area contributed by atoms with Gasteiger partial charge in [-0.05, 0) is 28.1 Å². The van der Waals surface area contributed by atoms with Crippen molar-refractivity contribution in [2.45, 2.75) is 4.90 Å². The van der Waals surface area contributed by atoms with Crippen LogP contribution in [0.1, 0.15) is 0 Å². The fourth-order valence-electron chi connectivity index (χ4n) is 0.868. The van der Waals surface area contributed by atoms with Crippen LogP contribution >= 0.6 is 27.7 Å². The van der Waals surface area contributed by atoms with Crippen LogP contribution in [0.2, 0.25) is 0 Å². The molecule has 0 spiro atoms. The second-order valence-electron chi connectivity index (χ2n) is 2.59. The van der Waals surface area contributed by atoms with Crippen molar-refractivity contribution < 1.29 is 9.47 Å². The number of hydrogen-bond acceptors (Lipinski definition) is 3. The first-order chi connectivity index (χ1) is 6.84. The lowest BCUT2D eigenvalue weighted by molar-refractivity contribution is 0.0953. The van der Waals surface area contributed by atoms with Crippen LogP contribution in [0.4, 0.5) is 0 Å². The topological polar surface area (TPSA) is 18.5 Å². The standard InChI is InChI=1S/C10H13BrO2S/c1-12-6-7-13-8-14-10-5-3-2-4-9(10)11/h2-5H,6-8H2,1H3. The van der Waals surface area contributed by atoms with Crippen molar-refractivity contribution in [2.75, 3.05) is 26.3 Å². The van der Waals surface area contributed by atoms with Crippen molar-refractivity contribution in [1.82, 2.24) is 0 Å². The molecule has 0 aromatic heterocycles. The average molecular weight is 277 g/mol. The Balaban J connectivity index is 2.21. The molecule has 1 aromatic rings. The molecule has 0 radical (unpaired) electrons. The zero-order chi connectivity index (χ0) is 10.2. The van der Waals surface area contributed by atoms with Crippen LogP contribution in [-0.4, -0.2) is 26.3 Å². The van der Waals surface area contributed by atoms with Crippen molar-refractivity contribution >= 4 is 27.7 Å². The Morgan fingerprint density at radius 1 is 1.29 bits per heavy atom. The highest BCUT2D eigenvalue weighted by atomic mass is 79.9. The summed E-state index contributed by atoms with van der Waals surface area (Å²) in [7, 11) is 1.67. The maximum Gasteiger partial charge on any atom is 0.0968 e. The average Bonchev–Trinajstić information content (AvgIpc) is 2.20. The Morgan fingerprint density at radius 3 is 2.79 bits per heavy atom. The summed E-state index contributed by atoms with van der Waals surface area (Å²) in [5.41, 5.74) is 0. The molecule has 4 heteroatoms. The molecule has 0 saturated carbocycles. The summed E-state index contributed by atoms with van der Waals surface area (Å²) in [5, 5.41) is 0. The van der Waals surface area contributed by atoms with E-state index in [4.69, 9.17) is 9.47 Å². The molecule has 78 valence electrons. The number of halogens is 1. The van der Waals surface area contributed by atoms with Crippen LogP contribution in [0, 0.1) is 0 Å². The van der Waals surface area contributed by atoms with E-state index < -0.39 is 0 Å². The summed E-state index contributed by atoms with van der Waals surface area (Å²) in [6.45, 7) is 1.30. The van der Waals surface area contributed by atoms with E-state index in [1.165, 1.54) is 4.90 Å². The van der Waals surface area contributed by atoms with Crippen molar-refractivity contribution in [3.63, 3.8) is 0 Å². The fourth-order valence-corrected chi connectivity index (χ4v) is 2.21. The highest BCUT2D eigenvalue weighted by Gasteiger charge is 1.98. The molecule has 0 aliphatic rings. The minimum atomic E-state index is 0.647.